The second-order valence-electron chi connectivity index (χ2n) is 5.37. The van der Waals surface area contributed by atoms with E-state index in [2.05, 4.69) is 25.7 Å². The van der Waals surface area contributed by atoms with Gasteiger partial charge in [0, 0.05) is 18.8 Å². The van der Waals surface area contributed by atoms with E-state index in [0.29, 0.717) is 0 Å². The van der Waals surface area contributed by atoms with Crippen LogP contribution in [-0.2, 0) is 12.8 Å². The van der Waals surface area contributed by atoms with E-state index < -0.39 is 0 Å². The zero-order valence-corrected chi connectivity index (χ0v) is 10.7. The molecule has 1 heteroatoms. The van der Waals surface area contributed by atoms with Crippen LogP contribution in [0.4, 0.5) is 5.69 Å². The normalized spacial score (nSPS) is 18.6. The first-order chi connectivity index (χ1) is 7.70. The van der Waals surface area contributed by atoms with Crippen LogP contribution in [0, 0.1) is 20.8 Å². The fraction of sp³-hybridized carbons (Fsp3) is 0.600. The van der Waals surface area contributed by atoms with E-state index in [1.54, 1.807) is 27.9 Å². The summed E-state index contributed by atoms with van der Waals surface area (Å²) in [7, 11) is 0. The van der Waals surface area contributed by atoms with E-state index in [1.165, 1.54) is 44.3 Å². The molecular weight excluding hydrogens is 194 g/mol. The molecule has 0 unspecified atom stereocenters. The van der Waals surface area contributed by atoms with Crippen molar-refractivity contribution in [1.29, 1.82) is 0 Å². The predicted octanol–water partition coefficient (Wildman–Crippen LogP) is 3.31. The number of hydrogen-bond acceptors (Lipinski definition) is 1. The maximum absolute atomic E-state index is 2.64. The van der Waals surface area contributed by atoms with Crippen LogP contribution in [0.2, 0.25) is 0 Å². The van der Waals surface area contributed by atoms with Gasteiger partial charge in [-0.05, 0) is 74.3 Å². The highest BCUT2D eigenvalue weighted by Gasteiger charge is 2.27. The first kappa shape index (κ1) is 10.2. The highest BCUT2D eigenvalue weighted by atomic mass is 15.1. The van der Waals surface area contributed by atoms with Gasteiger partial charge in [-0.3, -0.25) is 0 Å². The number of benzene rings is 1. The van der Waals surface area contributed by atoms with E-state index in [4.69, 9.17) is 0 Å². The van der Waals surface area contributed by atoms with Gasteiger partial charge in [0.1, 0.15) is 0 Å². The highest BCUT2D eigenvalue weighted by Crippen LogP contribution is 2.40. The number of nitrogens with zero attached hydrogens (tertiary/aromatic N) is 1. The minimum atomic E-state index is 1.28. The Labute approximate surface area is 98.5 Å². The van der Waals surface area contributed by atoms with Crippen molar-refractivity contribution in [2.24, 2.45) is 0 Å². The average Bonchev–Trinajstić information content (AvgIpc) is 2.33. The quantitative estimate of drug-likeness (QED) is 0.642. The second kappa shape index (κ2) is 3.51. The molecule has 0 saturated heterocycles. The van der Waals surface area contributed by atoms with Crippen LogP contribution in [-0.4, -0.2) is 13.1 Å². The van der Waals surface area contributed by atoms with Gasteiger partial charge in [-0.2, -0.15) is 0 Å². The lowest BCUT2D eigenvalue weighted by atomic mass is 9.83. The van der Waals surface area contributed by atoms with Gasteiger partial charge in [-0.25, -0.2) is 0 Å². The monoisotopic (exact) mass is 215 g/mol. The molecule has 0 spiro atoms. The largest absolute Gasteiger partial charge is 0.371 e. The molecule has 1 nitrogen and oxygen atoms in total. The Morgan fingerprint density at radius 3 is 1.75 bits per heavy atom. The molecule has 0 N–H and O–H groups in total. The molecule has 2 heterocycles. The van der Waals surface area contributed by atoms with Gasteiger partial charge in [-0.1, -0.05) is 0 Å². The van der Waals surface area contributed by atoms with Crippen molar-refractivity contribution >= 4 is 5.69 Å². The molecule has 0 aromatic heterocycles. The first-order valence-electron chi connectivity index (χ1n) is 6.56. The van der Waals surface area contributed by atoms with E-state index in [1.807, 2.05) is 0 Å². The van der Waals surface area contributed by atoms with Crippen LogP contribution in [0.15, 0.2) is 0 Å². The van der Waals surface area contributed by atoms with Crippen molar-refractivity contribution in [1.82, 2.24) is 0 Å². The van der Waals surface area contributed by atoms with Crippen molar-refractivity contribution in [2.45, 2.75) is 46.5 Å². The molecule has 0 fully saturated rings. The number of anilines is 1. The molecule has 16 heavy (non-hydrogen) atoms. The second-order valence-corrected chi connectivity index (χ2v) is 5.37. The topological polar surface area (TPSA) is 3.24 Å². The third-order valence-corrected chi connectivity index (χ3v) is 4.63. The summed E-state index contributed by atoms with van der Waals surface area (Å²) < 4.78 is 0. The van der Waals surface area contributed by atoms with Crippen molar-refractivity contribution in [2.75, 3.05) is 18.0 Å². The molecular formula is C15H21N. The molecule has 0 bridgehead atoms. The third kappa shape index (κ3) is 1.24. The van der Waals surface area contributed by atoms with Gasteiger partial charge in [0.2, 0.25) is 0 Å². The van der Waals surface area contributed by atoms with E-state index in [9.17, 15) is 0 Å². The van der Waals surface area contributed by atoms with Crippen LogP contribution < -0.4 is 4.90 Å². The first-order valence-corrected chi connectivity index (χ1v) is 6.56. The number of hydrogen-bond donors (Lipinski definition) is 0. The summed E-state index contributed by atoms with van der Waals surface area (Å²) in [4.78, 5) is 2.64. The van der Waals surface area contributed by atoms with Crippen LogP contribution in [0.1, 0.15) is 40.7 Å². The molecule has 0 aliphatic carbocycles. The van der Waals surface area contributed by atoms with Gasteiger partial charge in [0.05, 0.1) is 0 Å². The molecule has 1 aromatic carbocycles. The van der Waals surface area contributed by atoms with E-state index in [-0.39, 0.29) is 0 Å². The highest BCUT2D eigenvalue weighted by molar-refractivity contribution is 5.69. The lowest BCUT2D eigenvalue weighted by Gasteiger charge is -2.39. The summed E-state index contributed by atoms with van der Waals surface area (Å²) in [5.41, 5.74) is 9.59. The van der Waals surface area contributed by atoms with Crippen molar-refractivity contribution in [3.8, 4) is 0 Å². The summed E-state index contributed by atoms with van der Waals surface area (Å²) in [6, 6.07) is 0. The Bertz CT molecular complexity index is 408. The molecule has 1 aromatic rings. The third-order valence-electron chi connectivity index (χ3n) is 4.63. The van der Waals surface area contributed by atoms with E-state index in [0.717, 1.165) is 0 Å². The zero-order chi connectivity index (χ0) is 11.3. The van der Waals surface area contributed by atoms with Crippen LogP contribution in [0.25, 0.3) is 0 Å². The SMILES string of the molecule is Cc1c(C)c2c3c(c1C)CCCN3CCC2. The average molecular weight is 215 g/mol. The fourth-order valence-electron chi connectivity index (χ4n) is 3.49. The maximum Gasteiger partial charge on any atom is 0.0436 e. The minimum Gasteiger partial charge on any atom is -0.371 e. The molecule has 0 radical (unpaired) electrons. The maximum atomic E-state index is 2.64. The van der Waals surface area contributed by atoms with Gasteiger partial charge in [0.25, 0.3) is 0 Å². The Morgan fingerprint density at radius 1 is 0.750 bits per heavy atom. The summed E-state index contributed by atoms with van der Waals surface area (Å²) >= 11 is 0. The lowest BCUT2D eigenvalue weighted by Crippen LogP contribution is -2.35. The summed E-state index contributed by atoms with van der Waals surface area (Å²) in [6.07, 6.45) is 5.28. The molecule has 86 valence electrons. The molecule has 2 aliphatic rings. The summed E-state index contributed by atoms with van der Waals surface area (Å²) in [6.45, 7) is 9.49. The summed E-state index contributed by atoms with van der Waals surface area (Å²) in [5, 5.41) is 0. The van der Waals surface area contributed by atoms with E-state index >= 15 is 0 Å². The molecule has 0 amide bonds. The van der Waals surface area contributed by atoms with Crippen molar-refractivity contribution in [3.63, 3.8) is 0 Å². The minimum absolute atomic E-state index is 1.28. The molecule has 0 atom stereocenters. The Kier molecular flexibility index (Phi) is 2.24. The van der Waals surface area contributed by atoms with Crippen molar-refractivity contribution < 1.29 is 0 Å². The van der Waals surface area contributed by atoms with Gasteiger partial charge in [-0.15, -0.1) is 0 Å². The van der Waals surface area contributed by atoms with Crippen LogP contribution in [0.3, 0.4) is 0 Å². The Hall–Kier alpha value is -0.980. The fourth-order valence-corrected chi connectivity index (χ4v) is 3.49. The summed E-state index contributed by atoms with van der Waals surface area (Å²) in [5.74, 6) is 0. The smallest absolute Gasteiger partial charge is 0.0436 e. The molecule has 0 saturated carbocycles. The van der Waals surface area contributed by atoms with Crippen LogP contribution in [0.5, 0.6) is 0 Å². The predicted molar refractivity (Wildman–Crippen MR) is 69.5 cm³/mol. The standard InChI is InChI=1S/C15H21N/c1-10-11(2)13-6-4-8-16-9-5-7-14(12(10)3)15(13)16/h4-9H2,1-3H3. The van der Waals surface area contributed by atoms with Gasteiger partial charge < -0.3 is 4.90 Å². The Balaban J connectivity index is 2.32. The molecule has 2 aliphatic heterocycles. The van der Waals surface area contributed by atoms with Gasteiger partial charge in [0.15, 0.2) is 0 Å². The van der Waals surface area contributed by atoms with Crippen molar-refractivity contribution in [3.05, 3.63) is 27.8 Å². The number of rotatable bonds is 0. The Morgan fingerprint density at radius 2 is 1.25 bits per heavy atom. The molecule has 3 rings (SSSR count). The van der Waals surface area contributed by atoms with Crippen LogP contribution >= 0.6 is 0 Å². The zero-order valence-electron chi connectivity index (χ0n) is 10.7. The lowest BCUT2D eigenvalue weighted by molar-refractivity contribution is 0.629. The van der Waals surface area contributed by atoms with Gasteiger partial charge >= 0.3 is 0 Å².